The minimum Gasteiger partial charge on any atom is -0.355 e. The number of rotatable bonds is 9. The summed E-state index contributed by atoms with van der Waals surface area (Å²) in [6.45, 7) is 8.66. The van der Waals surface area contributed by atoms with E-state index in [1.165, 1.54) is 0 Å². The van der Waals surface area contributed by atoms with E-state index in [1.807, 2.05) is 45.9 Å². The van der Waals surface area contributed by atoms with Crippen LogP contribution < -0.4 is 10.6 Å². The van der Waals surface area contributed by atoms with Crippen molar-refractivity contribution in [3.8, 4) is 0 Å². The van der Waals surface area contributed by atoms with Crippen LogP contribution >= 0.6 is 11.8 Å². The number of nitrogens with one attached hydrogen (secondary N) is 2. The minimum absolute atomic E-state index is 0.0334. The molecule has 0 fully saturated rings. The van der Waals surface area contributed by atoms with E-state index in [2.05, 4.69) is 10.6 Å². The minimum atomic E-state index is -0.0665. The number of thioether (sulfide) groups is 1. The highest BCUT2D eigenvalue weighted by Gasteiger charge is 2.12. The highest BCUT2D eigenvalue weighted by molar-refractivity contribution is 8.00. The lowest BCUT2D eigenvalue weighted by molar-refractivity contribution is -0.120. The third kappa shape index (κ3) is 7.08. The molecule has 0 heterocycles. The van der Waals surface area contributed by atoms with Crippen LogP contribution in [0.25, 0.3) is 0 Å². The quantitative estimate of drug-likeness (QED) is 0.677. The molecule has 0 aliphatic heterocycles. The van der Waals surface area contributed by atoms with Gasteiger partial charge in [0.15, 0.2) is 0 Å². The molecule has 2 amide bonds. The molecule has 0 bridgehead atoms. The Morgan fingerprint density at radius 3 is 2.48 bits per heavy atom. The number of para-hydroxylation sites is 1. The average molecular weight is 337 g/mol. The van der Waals surface area contributed by atoms with Gasteiger partial charge in [-0.3, -0.25) is 9.59 Å². The van der Waals surface area contributed by atoms with E-state index in [1.54, 1.807) is 11.8 Å². The van der Waals surface area contributed by atoms with E-state index >= 15 is 0 Å². The number of amides is 2. The van der Waals surface area contributed by atoms with Gasteiger partial charge >= 0.3 is 0 Å². The summed E-state index contributed by atoms with van der Waals surface area (Å²) < 4.78 is 0. The maximum atomic E-state index is 12.0. The van der Waals surface area contributed by atoms with Crippen LogP contribution in [0.3, 0.4) is 0 Å². The summed E-state index contributed by atoms with van der Waals surface area (Å²) in [7, 11) is 0. The number of hydrogen-bond acceptors (Lipinski definition) is 3. The summed E-state index contributed by atoms with van der Waals surface area (Å²) in [4.78, 5) is 23.8. The van der Waals surface area contributed by atoms with Crippen molar-refractivity contribution in [3.05, 3.63) is 29.3 Å². The molecule has 128 valence electrons. The molecule has 1 aromatic rings. The molecule has 2 N–H and O–H groups in total. The second-order valence-corrected chi connectivity index (χ2v) is 7.17. The molecule has 0 aromatic heterocycles. The molecule has 5 heteroatoms. The van der Waals surface area contributed by atoms with Gasteiger partial charge in [0.05, 0.1) is 5.25 Å². The van der Waals surface area contributed by atoms with Gasteiger partial charge in [0.1, 0.15) is 0 Å². The Labute approximate surface area is 143 Å². The summed E-state index contributed by atoms with van der Waals surface area (Å²) in [5, 5.41) is 5.81. The molecule has 1 unspecified atom stereocenters. The van der Waals surface area contributed by atoms with Gasteiger partial charge in [-0.25, -0.2) is 0 Å². The largest absolute Gasteiger partial charge is 0.355 e. The Bertz CT molecular complexity index is 512. The van der Waals surface area contributed by atoms with Gasteiger partial charge in [-0.2, -0.15) is 0 Å². The number of aryl methyl sites for hydroxylation is 2. The van der Waals surface area contributed by atoms with E-state index in [9.17, 15) is 9.59 Å². The lowest BCUT2D eigenvalue weighted by atomic mass is 10.1. The van der Waals surface area contributed by atoms with E-state index < -0.39 is 0 Å². The van der Waals surface area contributed by atoms with Crippen LogP contribution in [0.5, 0.6) is 0 Å². The van der Waals surface area contributed by atoms with Crippen LogP contribution in [0.2, 0.25) is 0 Å². The number of carbonyl (C=O) groups is 2. The third-order valence-electron chi connectivity index (χ3n) is 3.58. The second-order valence-electron chi connectivity index (χ2n) is 5.72. The van der Waals surface area contributed by atoms with Gasteiger partial charge in [-0.05, 0) is 50.5 Å². The zero-order valence-electron chi connectivity index (χ0n) is 14.6. The summed E-state index contributed by atoms with van der Waals surface area (Å²) in [5.74, 6) is 0.920. The molecule has 0 saturated heterocycles. The van der Waals surface area contributed by atoms with Crippen molar-refractivity contribution < 1.29 is 9.59 Å². The van der Waals surface area contributed by atoms with Gasteiger partial charge in [0.2, 0.25) is 11.8 Å². The molecule has 0 saturated carbocycles. The summed E-state index contributed by atoms with van der Waals surface area (Å²) in [5.41, 5.74) is 3.07. The van der Waals surface area contributed by atoms with Crippen molar-refractivity contribution in [3.63, 3.8) is 0 Å². The molecular formula is C18H28N2O2S. The summed E-state index contributed by atoms with van der Waals surface area (Å²) in [6, 6.07) is 5.98. The highest BCUT2D eigenvalue weighted by atomic mass is 32.2. The van der Waals surface area contributed by atoms with Crippen LogP contribution in [0.15, 0.2) is 18.2 Å². The number of carbonyl (C=O) groups excluding carboxylic acids is 2. The number of hydrogen-bond donors (Lipinski definition) is 2. The average Bonchev–Trinajstić information content (AvgIpc) is 2.52. The van der Waals surface area contributed by atoms with Crippen molar-refractivity contribution in [1.82, 2.24) is 5.32 Å². The predicted octanol–water partition coefficient (Wildman–Crippen LogP) is 3.67. The molecule has 0 aliphatic rings. The maximum absolute atomic E-state index is 12.0. The zero-order valence-corrected chi connectivity index (χ0v) is 15.4. The first kappa shape index (κ1) is 19.6. The molecule has 4 nitrogen and oxygen atoms in total. The van der Waals surface area contributed by atoms with Crippen LogP contribution in [0, 0.1) is 13.8 Å². The highest BCUT2D eigenvalue weighted by Crippen LogP contribution is 2.20. The molecular weight excluding hydrogens is 308 g/mol. The van der Waals surface area contributed by atoms with Crippen molar-refractivity contribution in [2.45, 2.75) is 52.2 Å². The zero-order chi connectivity index (χ0) is 17.2. The summed E-state index contributed by atoms with van der Waals surface area (Å²) >= 11 is 1.60. The van der Waals surface area contributed by atoms with Gasteiger partial charge in [-0.1, -0.05) is 25.1 Å². The van der Waals surface area contributed by atoms with E-state index in [4.69, 9.17) is 0 Å². The number of benzene rings is 1. The maximum Gasteiger partial charge on any atom is 0.232 e. The monoisotopic (exact) mass is 336 g/mol. The van der Waals surface area contributed by atoms with Crippen molar-refractivity contribution in [1.29, 1.82) is 0 Å². The fourth-order valence-electron chi connectivity index (χ4n) is 2.17. The first-order chi connectivity index (χ1) is 11.0. The van der Waals surface area contributed by atoms with E-state index in [-0.39, 0.29) is 17.1 Å². The van der Waals surface area contributed by atoms with Gasteiger partial charge in [0.25, 0.3) is 0 Å². The van der Waals surface area contributed by atoms with Gasteiger partial charge in [-0.15, -0.1) is 11.8 Å². The van der Waals surface area contributed by atoms with E-state index in [0.717, 1.165) is 42.0 Å². The fourth-order valence-corrected chi connectivity index (χ4v) is 3.07. The molecule has 0 radical (unpaired) electrons. The SMILES string of the molecule is CCCNC(=O)C(C)SCCCC(=O)Nc1c(C)cccc1C. The molecule has 23 heavy (non-hydrogen) atoms. The first-order valence-electron chi connectivity index (χ1n) is 8.21. The second kappa shape index (κ2) is 10.3. The van der Waals surface area contributed by atoms with Crippen LogP contribution in [-0.2, 0) is 9.59 Å². The van der Waals surface area contributed by atoms with E-state index in [0.29, 0.717) is 6.42 Å². The Hall–Kier alpha value is -1.49. The molecule has 1 atom stereocenters. The fraction of sp³-hybridized carbons (Fsp3) is 0.556. The van der Waals surface area contributed by atoms with Crippen LogP contribution in [0.1, 0.15) is 44.2 Å². The van der Waals surface area contributed by atoms with Crippen LogP contribution in [-0.4, -0.2) is 29.4 Å². The summed E-state index contributed by atoms with van der Waals surface area (Å²) in [6.07, 6.45) is 2.19. The molecule has 1 aromatic carbocycles. The lowest BCUT2D eigenvalue weighted by Crippen LogP contribution is -2.31. The molecule has 1 rings (SSSR count). The van der Waals surface area contributed by atoms with Crippen molar-refractivity contribution in [2.24, 2.45) is 0 Å². The topological polar surface area (TPSA) is 58.2 Å². The Morgan fingerprint density at radius 2 is 1.87 bits per heavy atom. The van der Waals surface area contributed by atoms with Crippen molar-refractivity contribution in [2.75, 3.05) is 17.6 Å². The first-order valence-corrected chi connectivity index (χ1v) is 9.26. The van der Waals surface area contributed by atoms with Gasteiger partial charge < -0.3 is 10.6 Å². The smallest absolute Gasteiger partial charge is 0.232 e. The molecule has 0 spiro atoms. The van der Waals surface area contributed by atoms with Crippen molar-refractivity contribution >= 4 is 29.3 Å². The normalized spacial score (nSPS) is 11.8. The standard InChI is InChI=1S/C18H28N2O2S/c1-5-11-19-18(22)15(4)23-12-7-10-16(21)20-17-13(2)8-6-9-14(17)3/h6,8-9,15H,5,7,10-12H2,1-4H3,(H,19,22)(H,20,21). The molecule has 0 aliphatic carbocycles. The van der Waals surface area contributed by atoms with Gasteiger partial charge in [0, 0.05) is 18.7 Å². The number of anilines is 1. The predicted molar refractivity (Wildman–Crippen MR) is 99.0 cm³/mol. The Morgan fingerprint density at radius 1 is 1.22 bits per heavy atom. The Balaban J connectivity index is 2.28. The van der Waals surface area contributed by atoms with Crippen LogP contribution in [0.4, 0.5) is 5.69 Å². The third-order valence-corrected chi connectivity index (χ3v) is 4.82. The Kier molecular flexibility index (Phi) is 8.77. The lowest BCUT2D eigenvalue weighted by Gasteiger charge is -2.12.